The molecule has 3 N–H and O–H groups in total. The predicted octanol–water partition coefficient (Wildman–Crippen LogP) is 5.25. The van der Waals surface area contributed by atoms with E-state index in [1.54, 1.807) is 28.4 Å². The van der Waals surface area contributed by atoms with Crippen LogP contribution in [0.2, 0.25) is 0 Å². The lowest BCUT2D eigenvalue weighted by molar-refractivity contribution is -0.118. The number of nitrogens with zero attached hydrogens (tertiary/aromatic N) is 1. The summed E-state index contributed by atoms with van der Waals surface area (Å²) < 4.78 is 26.5. The molecule has 0 aliphatic heterocycles. The van der Waals surface area contributed by atoms with E-state index in [1.165, 1.54) is 11.5 Å². The van der Waals surface area contributed by atoms with E-state index >= 15 is 0 Å². The zero-order valence-corrected chi connectivity index (χ0v) is 22.3. The van der Waals surface area contributed by atoms with Crippen molar-refractivity contribution >= 4 is 35.5 Å². The number of rotatable bonds is 10. The average Bonchev–Trinajstić information content (AvgIpc) is 3.36. The summed E-state index contributed by atoms with van der Waals surface area (Å²) in [5.41, 5.74) is 10.00. The van der Waals surface area contributed by atoms with Crippen molar-refractivity contribution in [1.82, 2.24) is 4.37 Å². The second-order valence-corrected chi connectivity index (χ2v) is 8.44. The first-order valence-electron chi connectivity index (χ1n) is 10.9. The van der Waals surface area contributed by atoms with Crippen LogP contribution >= 0.6 is 23.9 Å². The van der Waals surface area contributed by atoms with Gasteiger partial charge in [-0.3, -0.25) is 4.79 Å². The van der Waals surface area contributed by atoms with Crippen LogP contribution in [0.15, 0.2) is 35.7 Å². The van der Waals surface area contributed by atoms with Gasteiger partial charge in [-0.1, -0.05) is 26.3 Å². The fraction of sp³-hybridized carbons (Fsp3) is 0.360. The smallest absolute Gasteiger partial charge is 0.241 e. The summed E-state index contributed by atoms with van der Waals surface area (Å²) in [6, 6.07) is 8.71. The number of benzene rings is 2. The lowest BCUT2D eigenvalue weighted by atomic mass is 9.98. The first-order chi connectivity index (χ1) is 16.4. The van der Waals surface area contributed by atoms with E-state index in [2.05, 4.69) is 9.69 Å². The highest BCUT2D eigenvalue weighted by molar-refractivity contribution is 7.04. The normalized spacial score (nSPS) is 12.2. The third-order valence-corrected chi connectivity index (χ3v) is 6.47. The Morgan fingerprint density at radius 3 is 2.17 bits per heavy atom. The van der Waals surface area contributed by atoms with Crippen molar-refractivity contribution in [2.45, 2.75) is 26.3 Å². The van der Waals surface area contributed by atoms with Crippen molar-refractivity contribution in [2.24, 2.45) is 11.7 Å². The number of nitrogens with one attached hydrogen (secondary N) is 1. The van der Waals surface area contributed by atoms with Crippen LogP contribution in [0.5, 0.6) is 23.0 Å². The molecule has 10 heteroatoms. The minimum Gasteiger partial charge on any atom is -0.495 e. The van der Waals surface area contributed by atoms with Gasteiger partial charge in [-0.2, -0.15) is 4.37 Å². The van der Waals surface area contributed by atoms with Crippen LogP contribution < -0.4 is 30.0 Å². The number of carbonyl (C=O) groups excluding carboxylic acids is 1. The maximum Gasteiger partial charge on any atom is 0.241 e. The number of carbonyl (C=O) groups is 1. The van der Waals surface area contributed by atoms with Gasteiger partial charge >= 0.3 is 0 Å². The molecule has 3 rings (SSSR count). The second kappa shape index (κ2) is 12.6. The molecule has 0 radical (unpaired) electrons. The molecule has 2 atom stereocenters. The number of nitrogens with two attached hydrogens (primary N) is 1. The summed E-state index contributed by atoms with van der Waals surface area (Å²) >= 11 is 1.33. The highest BCUT2D eigenvalue weighted by atomic mass is 35.5. The summed E-state index contributed by atoms with van der Waals surface area (Å²) in [7, 11) is 6.28. The number of aromatic nitrogens is 1. The van der Waals surface area contributed by atoms with Crippen LogP contribution in [0.1, 0.15) is 20.3 Å². The molecule has 0 saturated heterocycles. The van der Waals surface area contributed by atoms with Gasteiger partial charge in [0.25, 0.3) is 0 Å². The van der Waals surface area contributed by atoms with Gasteiger partial charge in [0, 0.05) is 16.5 Å². The van der Waals surface area contributed by atoms with Gasteiger partial charge in [0.15, 0.2) is 11.5 Å². The number of amides is 1. The van der Waals surface area contributed by atoms with E-state index in [1.807, 2.05) is 49.6 Å². The Hall–Kier alpha value is -3.01. The highest BCUT2D eigenvalue weighted by Crippen LogP contribution is 2.44. The highest BCUT2D eigenvalue weighted by Gasteiger charge is 2.22. The molecule has 0 fully saturated rings. The van der Waals surface area contributed by atoms with E-state index in [-0.39, 0.29) is 24.2 Å². The van der Waals surface area contributed by atoms with Crippen molar-refractivity contribution in [2.75, 3.05) is 33.8 Å². The third-order valence-electron chi connectivity index (χ3n) is 5.84. The van der Waals surface area contributed by atoms with Gasteiger partial charge in [0.2, 0.25) is 11.7 Å². The largest absolute Gasteiger partial charge is 0.495 e. The first kappa shape index (κ1) is 28.2. The van der Waals surface area contributed by atoms with Crippen LogP contribution in [0.25, 0.3) is 22.4 Å². The molecule has 0 aliphatic rings. The van der Waals surface area contributed by atoms with E-state index in [0.29, 0.717) is 28.7 Å². The lowest BCUT2D eigenvalue weighted by Gasteiger charge is -2.19. The Morgan fingerprint density at radius 1 is 1.00 bits per heavy atom. The Bertz CT molecular complexity index is 1130. The fourth-order valence-corrected chi connectivity index (χ4v) is 4.28. The molecule has 0 saturated carbocycles. The summed E-state index contributed by atoms with van der Waals surface area (Å²) in [6.45, 7) is 3.96. The molecule has 8 nitrogen and oxygen atoms in total. The Balaban J connectivity index is 0.00000432. The molecule has 0 aliphatic carbocycles. The van der Waals surface area contributed by atoms with Crippen LogP contribution in [0.4, 0.5) is 5.69 Å². The summed E-state index contributed by atoms with van der Waals surface area (Å²) in [5, 5.41) is 4.88. The van der Waals surface area contributed by atoms with Crippen molar-refractivity contribution in [3.63, 3.8) is 0 Å². The molecule has 0 spiro atoms. The van der Waals surface area contributed by atoms with Gasteiger partial charge in [-0.25, -0.2) is 0 Å². The summed E-state index contributed by atoms with van der Waals surface area (Å²) in [4.78, 5) is 12.7. The minimum atomic E-state index is -0.615. The van der Waals surface area contributed by atoms with Crippen LogP contribution in [0, 0.1) is 5.92 Å². The summed E-state index contributed by atoms with van der Waals surface area (Å²) in [5.74, 6) is 1.94. The SMILES string of the molecule is CCC(C)C(N)C(=O)Nc1cc(-c2csnc2-c2cc(OC)c(OC)c(OC)c2)ccc1OC.Cl. The maximum atomic E-state index is 12.7. The zero-order valence-electron chi connectivity index (χ0n) is 20.7. The number of ether oxygens (including phenoxy) is 4. The zero-order chi connectivity index (χ0) is 24.8. The number of hydrogen-bond acceptors (Lipinski definition) is 8. The van der Waals surface area contributed by atoms with E-state index in [4.69, 9.17) is 24.7 Å². The van der Waals surface area contributed by atoms with Crippen LogP contribution in [0.3, 0.4) is 0 Å². The van der Waals surface area contributed by atoms with E-state index in [0.717, 1.165) is 28.8 Å². The summed E-state index contributed by atoms with van der Waals surface area (Å²) in [6.07, 6.45) is 0.810. The minimum absolute atomic E-state index is 0. The number of hydrogen-bond donors (Lipinski definition) is 2. The third kappa shape index (κ3) is 5.98. The predicted molar refractivity (Wildman–Crippen MR) is 143 cm³/mol. The molecule has 3 aromatic rings. The molecular formula is C25H32ClN3O5S. The van der Waals surface area contributed by atoms with E-state index < -0.39 is 6.04 Å². The number of anilines is 1. The lowest BCUT2D eigenvalue weighted by Crippen LogP contribution is -2.40. The van der Waals surface area contributed by atoms with Crippen molar-refractivity contribution in [1.29, 1.82) is 0 Å². The quantitative estimate of drug-likeness (QED) is 0.375. The van der Waals surface area contributed by atoms with E-state index in [9.17, 15) is 4.79 Å². The Kier molecular flexibility index (Phi) is 10.2. The van der Waals surface area contributed by atoms with Gasteiger partial charge in [-0.05, 0) is 47.3 Å². The van der Waals surface area contributed by atoms with Gasteiger partial charge in [0.05, 0.1) is 45.9 Å². The molecule has 2 aromatic carbocycles. The van der Waals surface area contributed by atoms with Gasteiger partial charge in [0.1, 0.15) is 5.75 Å². The van der Waals surface area contributed by atoms with Gasteiger partial charge in [-0.15, -0.1) is 12.4 Å². The van der Waals surface area contributed by atoms with Crippen LogP contribution in [-0.4, -0.2) is 44.8 Å². The Morgan fingerprint density at radius 2 is 1.63 bits per heavy atom. The Labute approximate surface area is 216 Å². The molecule has 1 heterocycles. The first-order valence-corrected chi connectivity index (χ1v) is 11.7. The molecular weight excluding hydrogens is 490 g/mol. The topological polar surface area (TPSA) is 105 Å². The fourth-order valence-electron chi connectivity index (χ4n) is 3.57. The molecule has 190 valence electrons. The molecule has 1 amide bonds. The van der Waals surface area contributed by atoms with Crippen LogP contribution in [-0.2, 0) is 4.79 Å². The second-order valence-electron chi connectivity index (χ2n) is 7.81. The molecule has 1 aromatic heterocycles. The number of halogens is 1. The monoisotopic (exact) mass is 521 g/mol. The van der Waals surface area contributed by atoms with Crippen molar-refractivity contribution < 1.29 is 23.7 Å². The van der Waals surface area contributed by atoms with Crippen molar-refractivity contribution in [3.05, 3.63) is 35.7 Å². The number of methoxy groups -OCH3 is 4. The average molecular weight is 522 g/mol. The van der Waals surface area contributed by atoms with Gasteiger partial charge < -0.3 is 30.0 Å². The maximum absolute atomic E-state index is 12.7. The standard InChI is InChI=1S/C25H31N3O5S.ClH/c1-7-14(2)22(26)25(29)27-18-10-15(8-9-19(18)30-3)17-13-34-28-23(17)16-11-20(31-4)24(33-6)21(12-16)32-5;/h8-14,22H,7,26H2,1-6H3,(H,27,29);1H. The van der Waals surface area contributed by atoms with Crippen molar-refractivity contribution in [3.8, 4) is 45.4 Å². The molecule has 35 heavy (non-hydrogen) atoms. The molecule has 2 unspecified atom stereocenters. The molecule has 0 bridgehead atoms.